The highest BCUT2D eigenvalue weighted by Crippen LogP contribution is 2.29. The predicted octanol–water partition coefficient (Wildman–Crippen LogP) is 3.13. The second-order valence-corrected chi connectivity index (χ2v) is 8.59. The smallest absolute Gasteiger partial charge is 0.339 e. The van der Waals surface area contributed by atoms with E-state index in [-0.39, 0.29) is 11.5 Å². The predicted molar refractivity (Wildman–Crippen MR) is 128 cm³/mol. The van der Waals surface area contributed by atoms with Crippen LogP contribution in [0.15, 0.2) is 45.9 Å². The molecule has 2 aromatic heterocycles. The Morgan fingerprint density at radius 3 is 2.45 bits per heavy atom. The quantitative estimate of drug-likeness (QED) is 0.516. The number of methoxy groups -OCH3 is 1. The average Bonchev–Trinajstić information content (AvgIpc) is 2.84. The van der Waals surface area contributed by atoms with Crippen LogP contribution in [0.25, 0.3) is 11.0 Å². The van der Waals surface area contributed by atoms with Crippen molar-refractivity contribution in [3.8, 4) is 5.75 Å². The fraction of sp³-hybridized carbons (Fsp3) is 0.423. The van der Waals surface area contributed by atoms with Gasteiger partial charge in [0, 0.05) is 68.1 Å². The van der Waals surface area contributed by atoms with Gasteiger partial charge >= 0.3 is 5.63 Å². The van der Waals surface area contributed by atoms with E-state index in [4.69, 9.17) is 9.15 Å². The lowest BCUT2D eigenvalue weighted by molar-refractivity contribution is -0.132. The Hall–Kier alpha value is -3.19. The lowest BCUT2D eigenvalue weighted by Gasteiger charge is -2.34. The summed E-state index contributed by atoms with van der Waals surface area (Å²) in [5, 5.41) is 0.887. The molecule has 0 radical (unpaired) electrons. The van der Waals surface area contributed by atoms with Gasteiger partial charge in [0.15, 0.2) is 0 Å². The summed E-state index contributed by atoms with van der Waals surface area (Å²) in [6.45, 7) is 7.96. The number of carbonyl (C=O) groups is 1. The number of piperazine rings is 1. The van der Waals surface area contributed by atoms with Gasteiger partial charge in [-0.05, 0) is 62.1 Å². The van der Waals surface area contributed by atoms with Crippen LogP contribution in [0.3, 0.4) is 0 Å². The first-order valence-corrected chi connectivity index (χ1v) is 11.5. The van der Waals surface area contributed by atoms with Crippen LogP contribution in [0.2, 0.25) is 0 Å². The van der Waals surface area contributed by atoms with Crippen LogP contribution in [-0.4, -0.2) is 60.5 Å². The molecule has 0 aliphatic carbocycles. The molecule has 3 aromatic rings. The Morgan fingerprint density at radius 1 is 1.03 bits per heavy atom. The van der Waals surface area contributed by atoms with Crippen molar-refractivity contribution in [3.05, 3.63) is 69.3 Å². The van der Waals surface area contributed by atoms with Gasteiger partial charge in [-0.1, -0.05) is 0 Å². The normalized spacial score (nSPS) is 14.6. The number of pyridine rings is 1. The third kappa shape index (κ3) is 5.09. The van der Waals surface area contributed by atoms with Crippen molar-refractivity contribution < 1.29 is 13.9 Å². The van der Waals surface area contributed by atoms with Crippen LogP contribution in [0.4, 0.5) is 0 Å². The highest BCUT2D eigenvalue weighted by Gasteiger charge is 2.22. The molecule has 1 aliphatic rings. The highest BCUT2D eigenvalue weighted by atomic mass is 16.5. The standard InChI is InChI=1S/C26H31N3O4/c1-18-21-4-6-23(32-3)19(2)25(21)33-26(31)22(18)5-7-24(30)29-16-14-28(15-17-29)13-10-20-8-11-27-12-9-20/h4,6,8-9,11-12H,5,7,10,13-17H2,1-3H3. The number of amides is 1. The van der Waals surface area contributed by atoms with Crippen molar-refractivity contribution >= 4 is 16.9 Å². The molecule has 174 valence electrons. The van der Waals surface area contributed by atoms with Gasteiger partial charge in [0.05, 0.1) is 7.11 Å². The molecule has 1 fully saturated rings. The van der Waals surface area contributed by atoms with Gasteiger partial charge < -0.3 is 14.1 Å². The number of hydrogen-bond donors (Lipinski definition) is 0. The number of rotatable bonds is 7. The van der Waals surface area contributed by atoms with E-state index < -0.39 is 0 Å². The second-order valence-electron chi connectivity index (χ2n) is 8.59. The first-order chi connectivity index (χ1) is 16.0. The van der Waals surface area contributed by atoms with Crippen molar-refractivity contribution in [2.45, 2.75) is 33.1 Å². The number of aromatic nitrogens is 1. The Labute approximate surface area is 194 Å². The van der Waals surface area contributed by atoms with Crippen molar-refractivity contribution in [2.75, 3.05) is 39.8 Å². The molecular formula is C26H31N3O4. The van der Waals surface area contributed by atoms with Gasteiger partial charge in [0.1, 0.15) is 11.3 Å². The average molecular weight is 450 g/mol. The summed E-state index contributed by atoms with van der Waals surface area (Å²) in [5.74, 6) is 0.779. The molecule has 1 aliphatic heterocycles. The number of aryl methyl sites for hydroxylation is 2. The third-order valence-electron chi connectivity index (χ3n) is 6.65. The van der Waals surface area contributed by atoms with E-state index in [2.05, 4.69) is 9.88 Å². The summed E-state index contributed by atoms with van der Waals surface area (Å²) < 4.78 is 11.0. The molecule has 3 heterocycles. The van der Waals surface area contributed by atoms with Crippen LogP contribution < -0.4 is 10.4 Å². The van der Waals surface area contributed by atoms with Crippen LogP contribution in [0.1, 0.15) is 28.7 Å². The molecule has 33 heavy (non-hydrogen) atoms. The molecule has 0 spiro atoms. The summed E-state index contributed by atoms with van der Waals surface area (Å²) >= 11 is 0. The number of nitrogens with zero attached hydrogens (tertiary/aromatic N) is 3. The molecule has 0 unspecified atom stereocenters. The van der Waals surface area contributed by atoms with Crippen molar-refractivity contribution in [2.24, 2.45) is 0 Å². The number of carbonyl (C=O) groups excluding carboxylic acids is 1. The van der Waals surface area contributed by atoms with Gasteiger partial charge in [-0.2, -0.15) is 0 Å². The molecule has 1 saturated heterocycles. The zero-order valence-electron chi connectivity index (χ0n) is 19.6. The maximum Gasteiger partial charge on any atom is 0.339 e. The molecule has 4 rings (SSSR count). The van der Waals surface area contributed by atoms with E-state index in [1.165, 1.54) is 5.56 Å². The largest absolute Gasteiger partial charge is 0.496 e. The molecular weight excluding hydrogens is 418 g/mol. The van der Waals surface area contributed by atoms with Gasteiger partial charge in [-0.3, -0.25) is 14.7 Å². The minimum absolute atomic E-state index is 0.0913. The van der Waals surface area contributed by atoms with Crippen LogP contribution in [0.5, 0.6) is 5.75 Å². The summed E-state index contributed by atoms with van der Waals surface area (Å²) in [5.41, 5.74) is 3.72. The van der Waals surface area contributed by atoms with Gasteiger partial charge in [-0.25, -0.2) is 4.79 Å². The van der Waals surface area contributed by atoms with Crippen LogP contribution in [-0.2, 0) is 17.6 Å². The Bertz CT molecular complexity index is 1180. The monoisotopic (exact) mass is 449 g/mol. The van der Waals surface area contributed by atoms with Crippen LogP contribution in [0, 0.1) is 13.8 Å². The van der Waals surface area contributed by atoms with Gasteiger partial charge in [0.2, 0.25) is 5.91 Å². The number of fused-ring (bicyclic) bond motifs is 1. The van der Waals surface area contributed by atoms with E-state index in [9.17, 15) is 9.59 Å². The molecule has 0 atom stereocenters. The molecule has 7 heteroatoms. The van der Waals surface area contributed by atoms with E-state index in [0.29, 0.717) is 29.7 Å². The zero-order chi connectivity index (χ0) is 23.4. The number of benzene rings is 1. The topological polar surface area (TPSA) is 75.9 Å². The number of hydrogen-bond acceptors (Lipinski definition) is 6. The molecule has 1 amide bonds. The highest BCUT2D eigenvalue weighted by molar-refractivity contribution is 5.85. The second kappa shape index (κ2) is 10.2. The summed E-state index contributed by atoms with van der Waals surface area (Å²) in [4.78, 5) is 33.9. The van der Waals surface area contributed by atoms with Crippen LogP contribution >= 0.6 is 0 Å². The van der Waals surface area contributed by atoms with E-state index in [1.807, 2.05) is 55.4 Å². The van der Waals surface area contributed by atoms with Gasteiger partial charge in [0.25, 0.3) is 0 Å². The van der Waals surface area contributed by atoms with E-state index >= 15 is 0 Å². The molecule has 7 nitrogen and oxygen atoms in total. The molecule has 0 N–H and O–H groups in total. The van der Waals surface area contributed by atoms with Gasteiger partial charge in [-0.15, -0.1) is 0 Å². The summed E-state index contributed by atoms with van der Waals surface area (Å²) in [7, 11) is 1.60. The van der Waals surface area contributed by atoms with Crippen molar-refractivity contribution in [1.29, 1.82) is 0 Å². The molecule has 0 bridgehead atoms. The summed E-state index contributed by atoms with van der Waals surface area (Å²) in [6.07, 6.45) is 5.32. The fourth-order valence-electron chi connectivity index (χ4n) is 4.53. The first kappa shape index (κ1) is 23.0. The third-order valence-corrected chi connectivity index (χ3v) is 6.65. The lowest BCUT2D eigenvalue weighted by Crippen LogP contribution is -2.49. The van der Waals surface area contributed by atoms with E-state index in [1.54, 1.807) is 7.11 Å². The number of ether oxygens (including phenoxy) is 1. The lowest BCUT2D eigenvalue weighted by atomic mass is 10.00. The maximum atomic E-state index is 12.8. The zero-order valence-corrected chi connectivity index (χ0v) is 19.6. The summed E-state index contributed by atoms with van der Waals surface area (Å²) in [6, 6.07) is 7.88. The molecule has 1 aromatic carbocycles. The Morgan fingerprint density at radius 2 is 1.76 bits per heavy atom. The SMILES string of the molecule is COc1ccc2c(C)c(CCC(=O)N3CCN(CCc4ccncc4)CC3)c(=O)oc2c1C. The van der Waals surface area contributed by atoms with Crippen molar-refractivity contribution in [3.63, 3.8) is 0 Å². The fourth-order valence-corrected chi connectivity index (χ4v) is 4.53. The minimum atomic E-state index is -0.370. The van der Waals surface area contributed by atoms with Crippen molar-refractivity contribution in [1.82, 2.24) is 14.8 Å². The molecule has 0 saturated carbocycles. The Kier molecular flexibility index (Phi) is 7.08. The first-order valence-electron chi connectivity index (χ1n) is 11.5. The maximum absolute atomic E-state index is 12.8. The minimum Gasteiger partial charge on any atom is -0.496 e. The Balaban J connectivity index is 1.34. The van der Waals surface area contributed by atoms with E-state index in [0.717, 1.165) is 55.7 Å².